The number of hydrogen-bond donors (Lipinski definition) is 2. The van der Waals surface area contributed by atoms with Crippen molar-refractivity contribution < 1.29 is 0 Å². The molecule has 0 aliphatic rings. The Morgan fingerprint density at radius 1 is 1.00 bits per heavy atom. The van der Waals surface area contributed by atoms with Gasteiger partial charge in [0.2, 0.25) is 0 Å². The number of halogens is 1. The third-order valence-corrected chi connectivity index (χ3v) is 3.05. The van der Waals surface area contributed by atoms with Gasteiger partial charge in [-0.1, -0.05) is 15.9 Å². The topological polar surface area (TPSA) is 85.6 Å². The molecule has 0 fully saturated rings. The van der Waals surface area contributed by atoms with Crippen LogP contribution in [0.3, 0.4) is 0 Å². The second-order valence-corrected chi connectivity index (χ2v) is 4.76. The largest absolute Gasteiger partial charge is 0.398 e. The van der Waals surface area contributed by atoms with E-state index in [0.717, 1.165) is 10.2 Å². The predicted octanol–water partition coefficient (Wildman–Crippen LogP) is 3.52. The molecule has 0 aliphatic carbocycles. The summed E-state index contributed by atoms with van der Waals surface area (Å²) in [6.07, 6.45) is 0. The van der Waals surface area contributed by atoms with E-state index in [9.17, 15) is 0 Å². The van der Waals surface area contributed by atoms with Gasteiger partial charge in [0.25, 0.3) is 0 Å². The molecule has 0 unspecified atom stereocenters. The molecular formula is C14H9BrN4. The summed E-state index contributed by atoms with van der Waals surface area (Å²) in [6.45, 7) is 0. The van der Waals surface area contributed by atoms with Crippen LogP contribution < -0.4 is 11.1 Å². The van der Waals surface area contributed by atoms with E-state index in [4.69, 9.17) is 16.3 Å². The van der Waals surface area contributed by atoms with Crippen LogP contribution in [0.1, 0.15) is 11.1 Å². The van der Waals surface area contributed by atoms with Crippen LogP contribution in [-0.4, -0.2) is 0 Å². The summed E-state index contributed by atoms with van der Waals surface area (Å²) < 4.78 is 0.871. The Morgan fingerprint density at radius 3 is 2.32 bits per heavy atom. The summed E-state index contributed by atoms with van der Waals surface area (Å²) in [6, 6.07) is 14.5. The zero-order valence-electron chi connectivity index (χ0n) is 9.81. The summed E-state index contributed by atoms with van der Waals surface area (Å²) >= 11 is 3.36. The van der Waals surface area contributed by atoms with Gasteiger partial charge in [0, 0.05) is 10.2 Å². The lowest BCUT2D eigenvalue weighted by molar-refractivity contribution is 1.44. The van der Waals surface area contributed by atoms with Crippen molar-refractivity contribution in [2.24, 2.45) is 0 Å². The molecule has 0 bridgehead atoms. The highest BCUT2D eigenvalue weighted by Crippen LogP contribution is 2.26. The molecule has 3 N–H and O–H groups in total. The number of nitriles is 2. The van der Waals surface area contributed by atoms with Crippen LogP contribution >= 0.6 is 15.9 Å². The van der Waals surface area contributed by atoms with Crippen LogP contribution in [0.2, 0.25) is 0 Å². The van der Waals surface area contributed by atoms with E-state index in [1.807, 2.05) is 12.1 Å². The van der Waals surface area contributed by atoms with Gasteiger partial charge in [-0.3, -0.25) is 0 Å². The molecule has 0 aliphatic heterocycles. The highest BCUT2D eigenvalue weighted by atomic mass is 79.9. The van der Waals surface area contributed by atoms with Crippen LogP contribution in [0.25, 0.3) is 0 Å². The number of rotatable bonds is 2. The van der Waals surface area contributed by atoms with Gasteiger partial charge in [-0.2, -0.15) is 10.5 Å². The van der Waals surface area contributed by atoms with E-state index < -0.39 is 0 Å². The summed E-state index contributed by atoms with van der Waals surface area (Å²) in [5, 5.41) is 21.0. The molecule has 92 valence electrons. The fourth-order valence-electron chi connectivity index (χ4n) is 1.62. The minimum atomic E-state index is 0.404. The van der Waals surface area contributed by atoms with Crippen molar-refractivity contribution in [2.75, 3.05) is 11.1 Å². The first-order chi connectivity index (χ1) is 9.13. The lowest BCUT2D eigenvalue weighted by Crippen LogP contribution is -1.96. The second kappa shape index (κ2) is 5.43. The lowest BCUT2D eigenvalue weighted by Gasteiger charge is -2.10. The number of benzene rings is 2. The summed E-state index contributed by atoms with van der Waals surface area (Å²) in [7, 11) is 0. The van der Waals surface area contributed by atoms with Crippen molar-refractivity contribution in [2.45, 2.75) is 0 Å². The van der Waals surface area contributed by atoms with Crippen molar-refractivity contribution >= 4 is 33.0 Å². The normalized spacial score (nSPS) is 9.42. The van der Waals surface area contributed by atoms with Gasteiger partial charge in [-0.05, 0) is 36.4 Å². The number of nitrogens with zero attached hydrogens (tertiary/aromatic N) is 2. The lowest BCUT2D eigenvalue weighted by atomic mass is 10.1. The minimum Gasteiger partial charge on any atom is -0.398 e. The maximum absolute atomic E-state index is 9.05. The monoisotopic (exact) mass is 312 g/mol. The van der Waals surface area contributed by atoms with Crippen molar-refractivity contribution in [3.05, 3.63) is 52.0 Å². The zero-order chi connectivity index (χ0) is 13.8. The van der Waals surface area contributed by atoms with Gasteiger partial charge in [-0.25, -0.2) is 0 Å². The van der Waals surface area contributed by atoms with Crippen LogP contribution in [0.5, 0.6) is 0 Å². The van der Waals surface area contributed by atoms with Crippen molar-refractivity contribution in [1.29, 1.82) is 10.5 Å². The van der Waals surface area contributed by atoms with E-state index >= 15 is 0 Å². The Hall–Kier alpha value is -2.50. The van der Waals surface area contributed by atoms with Crippen molar-refractivity contribution in [3.63, 3.8) is 0 Å². The molecule has 2 aromatic rings. The maximum Gasteiger partial charge on any atom is 0.101 e. The first-order valence-corrected chi connectivity index (χ1v) is 6.19. The van der Waals surface area contributed by atoms with Crippen LogP contribution in [0, 0.1) is 22.7 Å². The summed E-state index contributed by atoms with van der Waals surface area (Å²) in [5.41, 5.74) is 8.53. The smallest absolute Gasteiger partial charge is 0.101 e. The average Bonchev–Trinajstić information content (AvgIpc) is 2.39. The quantitative estimate of drug-likeness (QED) is 0.831. The van der Waals surface area contributed by atoms with Crippen LogP contribution in [0.15, 0.2) is 40.9 Å². The van der Waals surface area contributed by atoms with Crippen LogP contribution in [0.4, 0.5) is 17.1 Å². The van der Waals surface area contributed by atoms with Gasteiger partial charge in [0.15, 0.2) is 0 Å². The molecule has 4 nitrogen and oxygen atoms in total. The third kappa shape index (κ3) is 2.85. The molecule has 0 saturated carbocycles. The Balaban J connectivity index is 2.37. The van der Waals surface area contributed by atoms with Gasteiger partial charge in [0.1, 0.15) is 12.1 Å². The molecule has 0 amide bonds. The van der Waals surface area contributed by atoms with Gasteiger partial charge >= 0.3 is 0 Å². The molecule has 5 heteroatoms. The Morgan fingerprint density at radius 2 is 1.68 bits per heavy atom. The SMILES string of the molecule is N#Cc1ccc(Nc2cc(Br)ccc2C#N)cc1N. The fourth-order valence-corrected chi connectivity index (χ4v) is 1.98. The molecule has 0 radical (unpaired) electrons. The Labute approximate surface area is 119 Å². The molecule has 0 atom stereocenters. The van der Waals surface area contributed by atoms with E-state index in [2.05, 4.69) is 27.3 Å². The van der Waals surface area contributed by atoms with Gasteiger partial charge in [0.05, 0.1) is 22.5 Å². The summed E-state index contributed by atoms with van der Waals surface area (Å²) in [5.74, 6) is 0. The second-order valence-electron chi connectivity index (χ2n) is 3.84. The highest BCUT2D eigenvalue weighted by molar-refractivity contribution is 9.10. The average molecular weight is 313 g/mol. The standard InChI is InChI=1S/C14H9BrN4/c15-11-3-1-10(8-17)14(5-11)19-12-4-2-9(7-16)13(18)6-12/h1-6,19H,18H2. The number of hydrogen-bond acceptors (Lipinski definition) is 4. The molecular weight excluding hydrogens is 304 g/mol. The van der Waals surface area contributed by atoms with Gasteiger partial charge in [-0.15, -0.1) is 0 Å². The van der Waals surface area contributed by atoms with E-state index in [-0.39, 0.29) is 0 Å². The van der Waals surface area contributed by atoms with E-state index in [1.54, 1.807) is 30.3 Å². The predicted molar refractivity (Wildman–Crippen MR) is 77.7 cm³/mol. The molecule has 0 heterocycles. The number of nitrogens with two attached hydrogens (primary N) is 1. The number of nitrogens with one attached hydrogen (secondary N) is 1. The number of nitrogen functional groups attached to an aromatic ring is 1. The Kier molecular flexibility index (Phi) is 3.70. The molecule has 19 heavy (non-hydrogen) atoms. The minimum absolute atomic E-state index is 0.404. The summed E-state index contributed by atoms with van der Waals surface area (Å²) in [4.78, 5) is 0. The fraction of sp³-hybridized carbons (Fsp3) is 0. The van der Waals surface area contributed by atoms with Crippen molar-refractivity contribution in [1.82, 2.24) is 0 Å². The first kappa shape index (κ1) is 12.9. The zero-order valence-corrected chi connectivity index (χ0v) is 11.4. The number of anilines is 3. The molecule has 0 spiro atoms. The highest BCUT2D eigenvalue weighted by Gasteiger charge is 2.05. The van der Waals surface area contributed by atoms with E-state index in [1.165, 1.54) is 0 Å². The maximum atomic E-state index is 9.05. The Bertz CT molecular complexity index is 710. The third-order valence-electron chi connectivity index (χ3n) is 2.55. The molecule has 2 rings (SSSR count). The molecule has 0 saturated heterocycles. The molecule has 0 aromatic heterocycles. The van der Waals surface area contributed by atoms with Gasteiger partial charge < -0.3 is 11.1 Å². The molecule has 2 aromatic carbocycles. The van der Waals surface area contributed by atoms with E-state index in [0.29, 0.717) is 22.5 Å². The van der Waals surface area contributed by atoms with Crippen molar-refractivity contribution in [3.8, 4) is 12.1 Å². The first-order valence-electron chi connectivity index (χ1n) is 5.40. The van der Waals surface area contributed by atoms with Crippen LogP contribution in [-0.2, 0) is 0 Å².